The van der Waals surface area contributed by atoms with Crippen LogP contribution in [0.15, 0.2) is 10.6 Å². The largest absolute Gasteiger partial charge is 0.352 e. The van der Waals surface area contributed by atoms with Crippen LogP contribution < -0.4 is 10.6 Å². The Hall–Kier alpha value is -1.66. The average Bonchev–Trinajstić information content (AvgIpc) is 3.32. The summed E-state index contributed by atoms with van der Waals surface area (Å²) < 4.78 is 5.50. The van der Waals surface area contributed by atoms with Gasteiger partial charge in [-0.1, -0.05) is 25.9 Å². The van der Waals surface area contributed by atoms with E-state index in [9.17, 15) is 4.79 Å². The van der Waals surface area contributed by atoms with Gasteiger partial charge in [0.25, 0.3) is 11.6 Å². The highest BCUT2D eigenvalue weighted by atomic mass is 35.5. The van der Waals surface area contributed by atoms with E-state index in [1.54, 1.807) is 0 Å². The highest BCUT2D eigenvalue weighted by Crippen LogP contribution is 2.40. The van der Waals surface area contributed by atoms with E-state index in [0.29, 0.717) is 23.7 Å². The molecule has 2 heterocycles. The zero-order valence-electron chi connectivity index (χ0n) is 16.0. The van der Waals surface area contributed by atoms with E-state index in [4.69, 9.17) is 4.52 Å². The Kier molecular flexibility index (Phi) is 6.64. The number of carbonyl (C=O) groups excluding carboxylic acids is 1. The van der Waals surface area contributed by atoms with Gasteiger partial charge in [0.15, 0.2) is 0 Å². The molecule has 2 aromatic rings. The van der Waals surface area contributed by atoms with Gasteiger partial charge in [-0.25, -0.2) is 4.98 Å². The predicted molar refractivity (Wildman–Crippen MR) is 105 cm³/mol. The highest BCUT2D eigenvalue weighted by molar-refractivity contribution is 6.06. The minimum atomic E-state index is -0.0660. The van der Waals surface area contributed by atoms with E-state index in [0.717, 1.165) is 49.0 Å². The Morgan fingerprint density at radius 3 is 2.65 bits per heavy atom. The maximum Gasteiger partial charge on any atom is 0.259 e. The monoisotopic (exact) mass is 380 g/mol. The number of rotatable bonds is 7. The van der Waals surface area contributed by atoms with Gasteiger partial charge in [0, 0.05) is 18.2 Å². The summed E-state index contributed by atoms with van der Waals surface area (Å²) in [5, 5.41) is 11.1. The Morgan fingerprint density at radius 1 is 1.31 bits per heavy atom. The number of halogens is 1. The molecule has 2 N–H and O–H groups in total. The molecule has 0 aromatic carbocycles. The number of pyridine rings is 1. The second kappa shape index (κ2) is 8.35. The summed E-state index contributed by atoms with van der Waals surface area (Å²) in [6.45, 7) is 7.97. The number of amides is 1. The summed E-state index contributed by atoms with van der Waals surface area (Å²) in [5.41, 5.74) is 2.96. The van der Waals surface area contributed by atoms with E-state index >= 15 is 0 Å². The third-order valence-electron chi connectivity index (χ3n) is 4.36. The maximum absolute atomic E-state index is 12.8. The van der Waals surface area contributed by atoms with Gasteiger partial charge in [0.2, 0.25) is 0 Å². The lowest BCUT2D eigenvalue weighted by Gasteiger charge is -2.16. The number of hydrogen-bond donors (Lipinski definition) is 2. The first-order chi connectivity index (χ1) is 11.9. The van der Waals surface area contributed by atoms with E-state index in [2.05, 4.69) is 41.5 Å². The Balaban J connectivity index is 0.00000243. The lowest BCUT2D eigenvalue weighted by molar-refractivity contribution is 0.0954. The number of hydrogen-bond acceptors (Lipinski definition) is 5. The topological polar surface area (TPSA) is 80.0 Å². The van der Waals surface area contributed by atoms with Crippen molar-refractivity contribution in [3.63, 3.8) is 0 Å². The van der Waals surface area contributed by atoms with E-state index in [-0.39, 0.29) is 23.7 Å². The lowest BCUT2D eigenvalue weighted by Crippen LogP contribution is -2.27. The van der Waals surface area contributed by atoms with Gasteiger partial charge in [0.05, 0.1) is 16.6 Å². The third kappa shape index (κ3) is 4.95. The number of nitrogens with one attached hydrogen (secondary N) is 2. The second-order valence-corrected chi connectivity index (χ2v) is 8.13. The molecule has 1 amide bonds. The first kappa shape index (κ1) is 20.6. The van der Waals surface area contributed by atoms with Crippen molar-refractivity contribution in [3.8, 4) is 0 Å². The number of aromatic nitrogens is 2. The lowest BCUT2D eigenvalue weighted by atomic mass is 9.89. The van der Waals surface area contributed by atoms with Crippen LogP contribution in [-0.4, -0.2) is 36.2 Å². The summed E-state index contributed by atoms with van der Waals surface area (Å²) >= 11 is 0. The van der Waals surface area contributed by atoms with Crippen molar-refractivity contribution < 1.29 is 9.32 Å². The zero-order valence-corrected chi connectivity index (χ0v) is 16.8. The molecule has 0 radical (unpaired) electrons. The molecular formula is C19H29ClN4O2. The number of nitrogens with zero attached hydrogens (tertiary/aromatic N) is 2. The molecule has 26 heavy (non-hydrogen) atoms. The number of carbonyl (C=O) groups is 1. The minimum absolute atomic E-state index is 0. The van der Waals surface area contributed by atoms with Gasteiger partial charge in [-0.3, -0.25) is 4.79 Å². The van der Waals surface area contributed by atoms with Crippen LogP contribution in [0, 0.1) is 5.41 Å². The molecule has 1 fully saturated rings. The summed E-state index contributed by atoms with van der Waals surface area (Å²) in [6.07, 6.45) is 3.89. The molecule has 1 aliphatic rings. The summed E-state index contributed by atoms with van der Waals surface area (Å²) in [5.74, 6) is 0.389. The Bertz CT molecular complexity index is 763. The van der Waals surface area contributed by atoms with Crippen molar-refractivity contribution in [3.05, 3.63) is 23.0 Å². The van der Waals surface area contributed by atoms with Crippen LogP contribution in [-0.2, 0) is 6.42 Å². The molecule has 0 spiro atoms. The minimum Gasteiger partial charge on any atom is -0.352 e. The van der Waals surface area contributed by atoms with Crippen LogP contribution in [0.5, 0.6) is 0 Å². The van der Waals surface area contributed by atoms with Gasteiger partial charge < -0.3 is 15.2 Å². The molecule has 3 rings (SSSR count). The molecule has 0 unspecified atom stereocenters. The fourth-order valence-electron chi connectivity index (χ4n) is 2.98. The van der Waals surface area contributed by atoms with Crippen LogP contribution >= 0.6 is 12.4 Å². The Labute approximate surface area is 160 Å². The van der Waals surface area contributed by atoms with Gasteiger partial charge in [-0.2, -0.15) is 0 Å². The molecule has 7 heteroatoms. The van der Waals surface area contributed by atoms with Gasteiger partial charge in [-0.05, 0) is 50.8 Å². The van der Waals surface area contributed by atoms with Crippen molar-refractivity contribution in [1.29, 1.82) is 0 Å². The predicted octanol–water partition coefficient (Wildman–Crippen LogP) is 3.45. The van der Waals surface area contributed by atoms with E-state index < -0.39 is 0 Å². The first-order valence-electron chi connectivity index (χ1n) is 9.11. The summed E-state index contributed by atoms with van der Waals surface area (Å²) in [6, 6.07) is 1.94. The summed E-state index contributed by atoms with van der Waals surface area (Å²) in [4.78, 5) is 17.4. The van der Waals surface area contributed by atoms with Crippen molar-refractivity contribution in [2.24, 2.45) is 5.41 Å². The smallest absolute Gasteiger partial charge is 0.259 e. The normalized spacial score (nSPS) is 14.3. The molecule has 1 aliphatic carbocycles. The van der Waals surface area contributed by atoms with E-state index in [1.165, 1.54) is 0 Å². The molecule has 6 nitrogen and oxygen atoms in total. The highest BCUT2D eigenvalue weighted by Gasteiger charge is 2.29. The Morgan fingerprint density at radius 2 is 2.04 bits per heavy atom. The van der Waals surface area contributed by atoms with Crippen LogP contribution in [0.25, 0.3) is 11.1 Å². The van der Waals surface area contributed by atoms with Crippen LogP contribution in [0.2, 0.25) is 0 Å². The van der Waals surface area contributed by atoms with E-state index in [1.807, 2.05) is 13.1 Å². The molecule has 0 aliphatic heterocycles. The molecule has 2 aromatic heterocycles. The van der Waals surface area contributed by atoms with Crippen LogP contribution in [0.1, 0.15) is 67.7 Å². The zero-order chi connectivity index (χ0) is 18.0. The van der Waals surface area contributed by atoms with Crippen molar-refractivity contribution in [2.45, 2.75) is 52.4 Å². The maximum atomic E-state index is 12.8. The number of fused-ring (bicyclic) bond motifs is 1. The van der Waals surface area contributed by atoms with Gasteiger partial charge in [-0.15, -0.1) is 12.4 Å². The molecule has 0 atom stereocenters. The first-order valence-corrected chi connectivity index (χ1v) is 9.11. The third-order valence-corrected chi connectivity index (χ3v) is 4.36. The van der Waals surface area contributed by atoms with Crippen molar-refractivity contribution in [2.75, 3.05) is 20.1 Å². The van der Waals surface area contributed by atoms with Crippen LogP contribution in [0.4, 0.5) is 0 Å². The quantitative estimate of drug-likeness (QED) is 0.719. The van der Waals surface area contributed by atoms with Gasteiger partial charge >= 0.3 is 0 Å². The molecule has 0 saturated heterocycles. The fourth-order valence-corrected chi connectivity index (χ4v) is 2.98. The fraction of sp³-hybridized carbons (Fsp3) is 0.632. The summed E-state index contributed by atoms with van der Waals surface area (Å²) in [7, 11) is 1.91. The molecular weight excluding hydrogens is 352 g/mol. The van der Waals surface area contributed by atoms with Crippen LogP contribution in [0.3, 0.4) is 0 Å². The molecule has 0 bridgehead atoms. The van der Waals surface area contributed by atoms with Crippen molar-refractivity contribution >= 4 is 29.4 Å². The van der Waals surface area contributed by atoms with Gasteiger partial charge in [0.1, 0.15) is 0 Å². The second-order valence-electron chi connectivity index (χ2n) is 8.13. The van der Waals surface area contributed by atoms with Crippen molar-refractivity contribution in [1.82, 2.24) is 20.8 Å². The SMILES string of the molecule is CNCCCNC(=O)c1cc(C2CC2)nc2onc(CC(C)(C)C)c12.Cl. The molecule has 144 valence electrons. The average molecular weight is 381 g/mol. The molecule has 1 saturated carbocycles. The standard InChI is InChI=1S/C19H28N4O2.ClH/c1-19(2,3)11-15-16-13(17(24)21-9-5-8-20-4)10-14(12-6-7-12)22-18(16)25-23-15;/h10,12,20H,5-9,11H2,1-4H3,(H,21,24);1H.